The minimum absolute atomic E-state index is 0. The third kappa shape index (κ3) is 6.37. The Balaban J connectivity index is 0.00000288. The molecule has 2 rings (SSSR count). The summed E-state index contributed by atoms with van der Waals surface area (Å²) in [4.78, 5) is 14.3. The number of aryl methyl sites for hydroxylation is 1. The number of carbonyl (C=O) groups excluding carboxylic acids is 1. The van der Waals surface area contributed by atoms with Gasteiger partial charge in [-0.15, -0.1) is 17.5 Å². The maximum absolute atomic E-state index is 12.5. The van der Waals surface area contributed by atoms with Crippen molar-refractivity contribution in [2.45, 2.75) is 52.2 Å². The van der Waals surface area contributed by atoms with E-state index in [0.29, 0.717) is 37.9 Å². The predicted octanol–water partition coefficient (Wildman–Crippen LogP) is 1.72. The topological polar surface area (TPSA) is 86.3 Å². The molecule has 0 aromatic carbocycles. The Hall–Kier alpha value is -1.18. The van der Waals surface area contributed by atoms with Gasteiger partial charge in [-0.3, -0.25) is 9.48 Å². The van der Waals surface area contributed by atoms with Crippen LogP contribution in [0.25, 0.3) is 0 Å². The van der Waals surface area contributed by atoms with Gasteiger partial charge >= 0.3 is 0 Å². The molecule has 1 saturated heterocycles. The van der Waals surface area contributed by atoms with Crippen LogP contribution in [0, 0.1) is 5.92 Å². The molecule has 2 N–H and O–H groups in total. The molecule has 0 unspecified atom stereocenters. The van der Waals surface area contributed by atoms with Crippen LogP contribution in [0.2, 0.25) is 0 Å². The van der Waals surface area contributed by atoms with E-state index in [9.17, 15) is 4.79 Å². The van der Waals surface area contributed by atoms with Crippen LogP contribution in [-0.4, -0.2) is 58.1 Å². The summed E-state index contributed by atoms with van der Waals surface area (Å²) < 4.78 is 7.53. The fourth-order valence-corrected chi connectivity index (χ4v) is 2.62. The zero-order valence-electron chi connectivity index (χ0n) is 14.7. The molecule has 0 aliphatic carbocycles. The van der Waals surface area contributed by atoms with Crippen LogP contribution in [0.5, 0.6) is 0 Å². The van der Waals surface area contributed by atoms with Crippen LogP contribution >= 0.6 is 12.4 Å². The van der Waals surface area contributed by atoms with E-state index in [1.165, 1.54) is 0 Å². The number of ether oxygens (including phenoxy) is 1. The molecule has 0 radical (unpaired) electrons. The molecule has 8 heteroatoms. The Morgan fingerprint density at radius 3 is 2.75 bits per heavy atom. The molecule has 24 heavy (non-hydrogen) atoms. The molecule has 138 valence electrons. The normalized spacial score (nSPS) is 15.6. The van der Waals surface area contributed by atoms with Crippen LogP contribution in [0.3, 0.4) is 0 Å². The third-order valence-electron chi connectivity index (χ3n) is 4.12. The summed E-state index contributed by atoms with van der Waals surface area (Å²) in [5.74, 6) is 0.581. The second kappa shape index (κ2) is 10.6. The van der Waals surface area contributed by atoms with Crippen molar-refractivity contribution in [3.05, 3.63) is 11.9 Å². The molecular formula is C16H30ClN5O2. The van der Waals surface area contributed by atoms with Crippen LogP contribution in [0.15, 0.2) is 6.20 Å². The van der Waals surface area contributed by atoms with Crippen molar-refractivity contribution < 1.29 is 9.53 Å². The molecule has 0 saturated carbocycles. The molecule has 1 aliphatic rings. The van der Waals surface area contributed by atoms with Crippen molar-refractivity contribution in [1.82, 2.24) is 19.9 Å². The van der Waals surface area contributed by atoms with E-state index < -0.39 is 0 Å². The van der Waals surface area contributed by atoms with Gasteiger partial charge in [0.2, 0.25) is 0 Å². The van der Waals surface area contributed by atoms with Gasteiger partial charge in [-0.1, -0.05) is 19.1 Å². The molecule has 1 aromatic heterocycles. The lowest BCUT2D eigenvalue weighted by Gasteiger charge is -2.31. The summed E-state index contributed by atoms with van der Waals surface area (Å²) in [6, 6.07) is 0. The number of nitrogens with zero attached hydrogens (tertiary/aromatic N) is 4. The quantitative estimate of drug-likeness (QED) is 0.714. The molecule has 1 amide bonds. The lowest BCUT2D eigenvalue weighted by molar-refractivity contribution is 0.00829. The second-order valence-corrected chi connectivity index (χ2v) is 6.55. The van der Waals surface area contributed by atoms with Gasteiger partial charge in [0.05, 0.1) is 12.3 Å². The molecular weight excluding hydrogens is 330 g/mol. The van der Waals surface area contributed by atoms with Gasteiger partial charge in [-0.05, 0) is 38.1 Å². The van der Waals surface area contributed by atoms with Crippen LogP contribution in [0.4, 0.5) is 0 Å². The minimum atomic E-state index is -0.0267. The Morgan fingerprint density at radius 1 is 1.42 bits per heavy atom. The number of hydrogen-bond donors (Lipinski definition) is 1. The molecule has 0 atom stereocenters. The number of halogens is 1. The Labute approximate surface area is 150 Å². The minimum Gasteiger partial charge on any atom is -0.378 e. The van der Waals surface area contributed by atoms with Gasteiger partial charge in [0.1, 0.15) is 0 Å². The van der Waals surface area contributed by atoms with Crippen LogP contribution in [-0.2, 0) is 11.3 Å². The van der Waals surface area contributed by atoms with E-state index >= 15 is 0 Å². The average Bonchev–Trinajstić information content (AvgIpc) is 3.02. The third-order valence-corrected chi connectivity index (χ3v) is 4.12. The van der Waals surface area contributed by atoms with E-state index in [-0.39, 0.29) is 24.4 Å². The van der Waals surface area contributed by atoms with Crippen molar-refractivity contribution in [2.75, 3.05) is 26.2 Å². The molecule has 1 aliphatic heterocycles. The zero-order chi connectivity index (χ0) is 16.7. The molecule has 2 heterocycles. The van der Waals surface area contributed by atoms with Gasteiger partial charge in [-0.2, -0.15) is 0 Å². The fraction of sp³-hybridized carbons (Fsp3) is 0.812. The molecule has 1 aromatic rings. The SMILES string of the molecule is CC(C)CCn1cc(C(=O)N2CCC(OCCCN)CC2)nn1.Cl. The molecule has 0 spiro atoms. The number of piperidine rings is 1. The first-order chi connectivity index (χ1) is 11.1. The lowest BCUT2D eigenvalue weighted by Crippen LogP contribution is -2.41. The van der Waals surface area contributed by atoms with Crippen molar-refractivity contribution in [1.29, 1.82) is 0 Å². The number of nitrogens with two attached hydrogens (primary N) is 1. The number of rotatable bonds is 8. The summed E-state index contributed by atoms with van der Waals surface area (Å²) in [5.41, 5.74) is 5.90. The van der Waals surface area contributed by atoms with Crippen LogP contribution in [0.1, 0.15) is 50.0 Å². The van der Waals surface area contributed by atoms with Gasteiger partial charge in [0.15, 0.2) is 5.69 Å². The highest BCUT2D eigenvalue weighted by Crippen LogP contribution is 2.16. The summed E-state index contributed by atoms with van der Waals surface area (Å²) >= 11 is 0. The first kappa shape index (κ1) is 20.9. The largest absolute Gasteiger partial charge is 0.378 e. The standard InChI is InChI=1S/C16H29N5O2.ClH/c1-13(2)4-10-21-12-15(18-19-21)16(22)20-8-5-14(6-9-20)23-11-3-7-17;/h12-14H,3-11,17H2,1-2H3;1H. The van der Waals surface area contributed by atoms with E-state index in [0.717, 1.165) is 32.2 Å². The first-order valence-corrected chi connectivity index (χ1v) is 8.61. The highest BCUT2D eigenvalue weighted by atomic mass is 35.5. The van der Waals surface area contributed by atoms with E-state index in [1.54, 1.807) is 10.9 Å². The Kier molecular flexibility index (Phi) is 9.25. The second-order valence-electron chi connectivity index (χ2n) is 6.55. The van der Waals surface area contributed by atoms with Crippen molar-refractivity contribution >= 4 is 18.3 Å². The summed E-state index contributed by atoms with van der Waals surface area (Å²) in [5, 5.41) is 8.08. The predicted molar refractivity (Wildman–Crippen MR) is 95.3 cm³/mol. The lowest BCUT2D eigenvalue weighted by atomic mass is 10.1. The number of carbonyl (C=O) groups is 1. The molecule has 7 nitrogen and oxygen atoms in total. The fourth-order valence-electron chi connectivity index (χ4n) is 2.62. The number of hydrogen-bond acceptors (Lipinski definition) is 5. The van der Waals surface area contributed by atoms with Gasteiger partial charge < -0.3 is 15.4 Å². The van der Waals surface area contributed by atoms with Crippen LogP contribution < -0.4 is 5.73 Å². The highest BCUT2D eigenvalue weighted by Gasteiger charge is 2.25. The maximum Gasteiger partial charge on any atom is 0.276 e. The zero-order valence-corrected chi connectivity index (χ0v) is 15.5. The van der Waals surface area contributed by atoms with Crippen molar-refractivity contribution in [3.8, 4) is 0 Å². The summed E-state index contributed by atoms with van der Waals surface area (Å²) in [6.07, 6.45) is 5.66. The monoisotopic (exact) mass is 359 g/mol. The maximum atomic E-state index is 12.5. The van der Waals surface area contributed by atoms with Crippen molar-refractivity contribution in [2.24, 2.45) is 11.7 Å². The summed E-state index contributed by atoms with van der Waals surface area (Å²) in [6.45, 7) is 7.93. The Bertz CT molecular complexity index is 487. The number of aromatic nitrogens is 3. The molecule has 1 fully saturated rings. The van der Waals surface area contributed by atoms with Gasteiger partial charge in [-0.25, -0.2) is 0 Å². The van der Waals surface area contributed by atoms with E-state index in [2.05, 4.69) is 24.2 Å². The van der Waals surface area contributed by atoms with E-state index in [1.807, 2.05) is 4.90 Å². The average molecular weight is 360 g/mol. The van der Waals surface area contributed by atoms with E-state index in [4.69, 9.17) is 10.5 Å². The molecule has 0 bridgehead atoms. The van der Waals surface area contributed by atoms with Crippen molar-refractivity contribution in [3.63, 3.8) is 0 Å². The summed E-state index contributed by atoms with van der Waals surface area (Å²) in [7, 11) is 0. The Morgan fingerprint density at radius 2 is 2.12 bits per heavy atom. The number of likely N-dealkylation sites (tertiary alicyclic amines) is 1. The van der Waals surface area contributed by atoms with Gasteiger partial charge in [0, 0.05) is 26.2 Å². The first-order valence-electron chi connectivity index (χ1n) is 8.61. The highest BCUT2D eigenvalue weighted by molar-refractivity contribution is 5.92. The number of amides is 1. The smallest absolute Gasteiger partial charge is 0.276 e. The van der Waals surface area contributed by atoms with Gasteiger partial charge in [0.25, 0.3) is 5.91 Å².